The maximum atomic E-state index is 10.7. The topological polar surface area (TPSA) is 162 Å². The van der Waals surface area contributed by atoms with Gasteiger partial charge in [0.1, 0.15) is 0 Å². The molecule has 0 atom stereocenters. The molecule has 0 N–H and O–H groups in total. The molecule has 0 aromatic heterocycles. The summed E-state index contributed by atoms with van der Waals surface area (Å²) in [6, 6.07) is 0.0787. The zero-order valence-corrected chi connectivity index (χ0v) is 31.8. The fourth-order valence-electron chi connectivity index (χ4n) is 1.77. The Balaban J connectivity index is -0.000000139. The summed E-state index contributed by atoms with van der Waals surface area (Å²) >= 11 is 0. The Morgan fingerprint density at radius 3 is 0.537 bits per heavy atom. The van der Waals surface area contributed by atoms with Crippen LogP contribution in [-0.4, -0.2) is 73.0 Å². The molecule has 4 amide bonds. The summed E-state index contributed by atoms with van der Waals surface area (Å²) in [5.74, 6) is 0. The Kier molecular flexibility index (Phi) is 35.0. The van der Waals surface area contributed by atoms with E-state index in [1.807, 2.05) is 55.4 Å². The number of nitrogens with zero attached hydrogens (tertiary/aromatic N) is 4. The first-order valence-electron chi connectivity index (χ1n) is 13.7. The Morgan fingerprint density at radius 2 is 0.463 bits per heavy atom. The summed E-state index contributed by atoms with van der Waals surface area (Å²) in [6.45, 7) is 29.1. The fourth-order valence-corrected chi connectivity index (χ4v) is 1.77. The van der Waals surface area contributed by atoms with Crippen LogP contribution in [0.4, 0.5) is 19.2 Å². The van der Waals surface area contributed by atoms with Gasteiger partial charge in [-0.05, 0) is 55.4 Å². The standard InChI is InChI=1S/4C7H15NO2.Hf/c4*1-5(2)8-7(9)10-6(3)4;/h4*5-6H,1-4H3,(H,8,9);/q;;;;+4/p-4. The molecule has 240 valence electrons. The van der Waals surface area contributed by atoms with Crippen molar-refractivity contribution < 1.29 is 64.0 Å². The molecule has 0 spiro atoms. The molecule has 0 aromatic carbocycles. The van der Waals surface area contributed by atoms with E-state index in [2.05, 4.69) is 21.3 Å². The van der Waals surface area contributed by atoms with E-state index in [1.165, 1.54) is 0 Å². The molecule has 0 rings (SSSR count). The first kappa shape index (κ1) is 48.7. The molecule has 0 unspecified atom stereocenters. The summed E-state index contributed by atoms with van der Waals surface area (Å²) in [5, 5.41) is 14.6. The number of hydrogen-bond acceptors (Lipinski definition) is 8. The zero-order valence-electron chi connectivity index (χ0n) is 28.2. The molecular formula is C28H56HfN4O8. The molecule has 0 aliphatic heterocycles. The van der Waals surface area contributed by atoms with Gasteiger partial charge in [0.05, 0.1) is 24.4 Å². The summed E-state index contributed by atoms with van der Waals surface area (Å²) in [7, 11) is 0. The summed E-state index contributed by atoms with van der Waals surface area (Å²) < 4.78 is 19.0. The monoisotopic (exact) mass is 756 g/mol. The molecule has 12 nitrogen and oxygen atoms in total. The minimum atomic E-state index is -0.468. The summed E-state index contributed by atoms with van der Waals surface area (Å²) in [4.78, 5) is 42.7. The van der Waals surface area contributed by atoms with Crippen LogP contribution in [-0.2, 0) is 44.8 Å². The normalized spacial score (nSPS) is 9.95. The molecule has 0 aromatic rings. The summed E-state index contributed by atoms with van der Waals surface area (Å²) in [5.41, 5.74) is 0. The van der Waals surface area contributed by atoms with Crippen molar-refractivity contribution >= 4 is 24.4 Å². The van der Waals surface area contributed by atoms with Gasteiger partial charge in [0.2, 0.25) is 24.4 Å². The van der Waals surface area contributed by atoms with Gasteiger partial charge >= 0.3 is 25.8 Å². The van der Waals surface area contributed by atoms with E-state index < -0.39 is 24.4 Å². The molecular weight excluding hydrogens is 699 g/mol. The number of rotatable bonds is 8. The van der Waals surface area contributed by atoms with Crippen LogP contribution >= 0.6 is 0 Å². The molecule has 13 heteroatoms. The van der Waals surface area contributed by atoms with Crippen molar-refractivity contribution in [1.82, 2.24) is 0 Å². The van der Waals surface area contributed by atoms with Crippen molar-refractivity contribution in [2.24, 2.45) is 0 Å². The van der Waals surface area contributed by atoms with Crippen LogP contribution in [0.25, 0.3) is 21.3 Å². The molecule has 0 fully saturated rings. The second kappa shape index (κ2) is 29.4. The van der Waals surface area contributed by atoms with E-state index in [-0.39, 0.29) is 74.4 Å². The second-order valence-corrected chi connectivity index (χ2v) is 10.6. The van der Waals surface area contributed by atoms with Gasteiger partial charge in [-0.3, -0.25) is 19.2 Å². The van der Waals surface area contributed by atoms with E-state index in [0.29, 0.717) is 0 Å². The zero-order chi connectivity index (χ0) is 32.6. The fraction of sp³-hybridized carbons (Fsp3) is 0.857. The number of amides is 4. The van der Waals surface area contributed by atoms with Crippen LogP contribution in [0.5, 0.6) is 0 Å². The first-order valence-corrected chi connectivity index (χ1v) is 13.7. The smallest absolute Gasteiger partial charge is 0.615 e. The van der Waals surface area contributed by atoms with Crippen molar-refractivity contribution in [1.29, 1.82) is 0 Å². The predicted molar refractivity (Wildman–Crippen MR) is 160 cm³/mol. The van der Waals surface area contributed by atoms with E-state index in [9.17, 15) is 19.2 Å². The summed E-state index contributed by atoms with van der Waals surface area (Å²) in [6.07, 6.45) is -2.17. The van der Waals surface area contributed by atoms with E-state index in [1.54, 1.807) is 55.4 Å². The van der Waals surface area contributed by atoms with Crippen LogP contribution in [0, 0.1) is 0 Å². The van der Waals surface area contributed by atoms with Gasteiger partial charge in [0, 0.05) is 0 Å². The van der Waals surface area contributed by atoms with E-state index in [4.69, 9.17) is 18.9 Å². The van der Waals surface area contributed by atoms with Gasteiger partial charge in [0.15, 0.2) is 0 Å². The van der Waals surface area contributed by atoms with Gasteiger partial charge in [-0.15, -0.1) is 24.2 Å². The van der Waals surface area contributed by atoms with Crippen LogP contribution in [0.1, 0.15) is 111 Å². The molecule has 0 saturated heterocycles. The Labute approximate surface area is 268 Å². The predicted octanol–water partition coefficient (Wildman–Crippen LogP) is 9.25. The molecule has 0 radical (unpaired) electrons. The number of ether oxygens (including phenoxy) is 4. The van der Waals surface area contributed by atoms with Crippen molar-refractivity contribution in [2.75, 3.05) is 0 Å². The van der Waals surface area contributed by atoms with E-state index in [0.717, 1.165) is 0 Å². The van der Waals surface area contributed by atoms with Crippen LogP contribution in [0.2, 0.25) is 0 Å². The average Bonchev–Trinajstić information content (AvgIpc) is 2.63. The van der Waals surface area contributed by atoms with Gasteiger partial charge in [-0.25, -0.2) is 0 Å². The third-order valence-electron chi connectivity index (χ3n) is 2.80. The average molecular weight is 755 g/mol. The van der Waals surface area contributed by atoms with Gasteiger partial charge in [-0.1, -0.05) is 55.4 Å². The Hall–Kier alpha value is -2.05. The van der Waals surface area contributed by atoms with Crippen molar-refractivity contribution in [2.45, 2.75) is 159 Å². The molecule has 0 bridgehead atoms. The van der Waals surface area contributed by atoms with E-state index >= 15 is 0 Å². The minimum absolute atomic E-state index is 0. The van der Waals surface area contributed by atoms with Crippen molar-refractivity contribution in [3.8, 4) is 0 Å². The van der Waals surface area contributed by atoms with Crippen LogP contribution in [0.15, 0.2) is 0 Å². The van der Waals surface area contributed by atoms with Gasteiger partial charge in [-0.2, -0.15) is 0 Å². The minimum Gasteiger partial charge on any atom is -0.615 e. The van der Waals surface area contributed by atoms with Gasteiger partial charge in [0.25, 0.3) is 0 Å². The maximum Gasteiger partial charge on any atom is 4.00 e. The quantitative estimate of drug-likeness (QED) is 0.175. The second-order valence-electron chi connectivity index (χ2n) is 10.6. The van der Waals surface area contributed by atoms with Crippen LogP contribution in [0.3, 0.4) is 0 Å². The molecule has 0 heterocycles. The van der Waals surface area contributed by atoms with Crippen molar-refractivity contribution in [3.63, 3.8) is 0 Å². The largest absolute Gasteiger partial charge is 4.00 e. The maximum absolute atomic E-state index is 10.7. The number of carbonyl (C=O) groups is 4. The van der Waals surface area contributed by atoms with Crippen molar-refractivity contribution in [3.05, 3.63) is 21.3 Å². The molecule has 0 aliphatic rings. The third kappa shape index (κ3) is 54.7. The third-order valence-corrected chi connectivity index (χ3v) is 2.80. The SMILES string of the molecule is CC(C)[N-]C(=O)OC(C)C.CC(C)[N-]C(=O)OC(C)C.CC(C)[N-]C(=O)OC(C)C.CC(C)[N-]C(=O)OC(C)C.[Hf+4]. The Morgan fingerprint density at radius 1 is 0.341 bits per heavy atom. The first-order chi connectivity index (χ1) is 18.1. The molecule has 41 heavy (non-hydrogen) atoms. The Bertz CT molecular complexity index is 511. The molecule has 0 saturated carbocycles. The molecule has 0 aliphatic carbocycles. The number of hydrogen-bond donors (Lipinski definition) is 0. The van der Waals surface area contributed by atoms with Crippen LogP contribution < -0.4 is 0 Å². The van der Waals surface area contributed by atoms with Gasteiger partial charge < -0.3 is 40.2 Å². The number of carbonyl (C=O) groups excluding carboxylic acids is 4.